The zero-order chi connectivity index (χ0) is 16.6. The monoisotopic (exact) mass is 430 g/mol. The first-order chi connectivity index (χ1) is 12.4. The largest absolute Gasteiger partial charge is 1.00 e. The average molecular weight is 431 g/mol. The maximum absolute atomic E-state index is 2.49. The molecule has 3 aliphatic rings. The molecule has 5 rings (SSSR count). The number of allylic oxidation sites excluding steroid dienone is 4. The smallest absolute Gasteiger partial charge is 1.00 e. The number of fused-ring (bicyclic) bond motifs is 3. The first-order valence-electron chi connectivity index (χ1n) is 9.69. The minimum Gasteiger partial charge on any atom is -1.00 e. The minimum absolute atomic E-state index is 0. The molecule has 0 heterocycles. The molecule has 0 radical (unpaired) electrons. The van der Waals surface area contributed by atoms with Gasteiger partial charge in [0.15, 0.2) is 0 Å². The Balaban J connectivity index is 0.00000105. The van der Waals surface area contributed by atoms with Crippen molar-refractivity contribution in [2.24, 2.45) is 0 Å². The molecule has 0 unspecified atom stereocenters. The molecule has 1 fully saturated rings. The van der Waals surface area contributed by atoms with Crippen LogP contribution in [0, 0.1) is 0 Å². The third kappa shape index (κ3) is 3.83. The standard InChI is InChI=1S/C13H9.C6H10.C5H5.2ClH.Ti/c1-3-7-12-10(5-1)9-11-6-2-4-8-13(11)12;1-2-4-6-5-3-1;1-2-4-5-3-1;;;/h1-5,7-8H,9H2;1-5H2;1-5H;2*1H;/q;;;;;+2/p-2. The van der Waals surface area contributed by atoms with Crippen molar-refractivity contribution in [2.45, 2.75) is 42.7 Å². The molecule has 138 valence electrons. The van der Waals surface area contributed by atoms with Crippen LogP contribution in [0.5, 0.6) is 0 Å². The molecule has 3 heteroatoms. The van der Waals surface area contributed by atoms with Gasteiger partial charge in [-0.1, -0.05) is 0 Å². The summed E-state index contributed by atoms with van der Waals surface area (Å²) in [7, 11) is 0. The van der Waals surface area contributed by atoms with Gasteiger partial charge < -0.3 is 24.8 Å². The molecule has 0 amide bonds. The van der Waals surface area contributed by atoms with Gasteiger partial charge in [-0.15, -0.1) is 0 Å². The first-order valence-corrected chi connectivity index (χ1v) is 12.2. The number of hydrogen-bond donors (Lipinski definition) is 0. The van der Waals surface area contributed by atoms with Gasteiger partial charge in [0.1, 0.15) is 0 Å². The Morgan fingerprint density at radius 1 is 0.741 bits per heavy atom. The van der Waals surface area contributed by atoms with Crippen LogP contribution in [0.25, 0.3) is 11.1 Å². The van der Waals surface area contributed by atoms with E-state index >= 15 is 0 Å². The predicted octanol–water partition coefficient (Wildman–Crippen LogP) is -0.440. The molecule has 2 aromatic rings. The van der Waals surface area contributed by atoms with Crippen molar-refractivity contribution in [1.29, 1.82) is 0 Å². The van der Waals surface area contributed by atoms with E-state index in [1.807, 2.05) is 3.81 Å². The van der Waals surface area contributed by atoms with E-state index in [4.69, 9.17) is 0 Å². The van der Waals surface area contributed by atoms with E-state index in [1.165, 1.54) is 48.8 Å². The van der Waals surface area contributed by atoms with Gasteiger partial charge in [-0.3, -0.25) is 0 Å². The van der Waals surface area contributed by atoms with Crippen LogP contribution in [-0.4, -0.2) is 3.81 Å². The summed E-state index contributed by atoms with van der Waals surface area (Å²) in [5, 5.41) is 0. The van der Waals surface area contributed by atoms with Crippen molar-refractivity contribution in [3.8, 4) is 11.1 Å². The molecule has 0 nitrogen and oxygen atoms in total. The van der Waals surface area contributed by atoms with Gasteiger partial charge in [-0.05, 0) is 0 Å². The molecular weight excluding hydrogens is 407 g/mol. The molecular formula is C24H24Cl2Ti. The molecule has 0 aliphatic heterocycles. The van der Waals surface area contributed by atoms with E-state index in [2.05, 4.69) is 66.8 Å². The van der Waals surface area contributed by atoms with Gasteiger partial charge >= 0.3 is 157 Å². The molecule has 0 atom stereocenters. The van der Waals surface area contributed by atoms with Gasteiger partial charge in [0.2, 0.25) is 0 Å². The third-order valence-electron chi connectivity index (χ3n) is 6.06. The van der Waals surface area contributed by atoms with E-state index < -0.39 is 17.4 Å². The zero-order valence-electron chi connectivity index (χ0n) is 15.4. The van der Waals surface area contributed by atoms with Crippen LogP contribution in [0.4, 0.5) is 0 Å². The van der Waals surface area contributed by atoms with Crippen molar-refractivity contribution >= 4 is 7.68 Å². The Labute approximate surface area is 180 Å². The zero-order valence-corrected chi connectivity index (χ0v) is 18.5. The van der Waals surface area contributed by atoms with Crippen molar-refractivity contribution < 1.29 is 42.2 Å². The molecule has 0 saturated heterocycles. The van der Waals surface area contributed by atoms with Crippen molar-refractivity contribution in [1.82, 2.24) is 0 Å². The van der Waals surface area contributed by atoms with Gasteiger partial charge in [-0.25, -0.2) is 0 Å². The summed E-state index contributed by atoms with van der Waals surface area (Å²) in [4.78, 5) is 0. The van der Waals surface area contributed by atoms with E-state index in [0.29, 0.717) is 4.22 Å². The molecule has 0 aromatic heterocycles. The second kappa shape index (κ2) is 9.06. The summed E-state index contributed by atoms with van der Waals surface area (Å²) < 4.78 is 4.42. The molecule has 0 spiro atoms. The summed E-state index contributed by atoms with van der Waals surface area (Å²) in [6, 6.07) is 16.2. The fourth-order valence-corrected chi connectivity index (χ4v) is 10.4. The van der Waals surface area contributed by atoms with Gasteiger partial charge in [-0.2, -0.15) is 0 Å². The van der Waals surface area contributed by atoms with Crippen molar-refractivity contribution in [3.63, 3.8) is 0 Å². The number of hydrogen-bond acceptors (Lipinski definition) is 0. The second-order valence-corrected chi connectivity index (χ2v) is 11.8. The summed E-state index contributed by atoms with van der Waals surface area (Å²) in [5.74, 6) is 0. The van der Waals surface area contributed by atoms with E-state index in [-0.39, 0.29) is 24.8 Å². The van der Waals surface area contributed by atoms with Crippen LogP contribution in [0.1, 0.15) is 43.2 Å². The maximum Gasteiger partial charge on any atom is -1.00 e. The van der Waals surface area contributed by atoms with E-state index in [1.54, 1.807) is 9.43 Å². The Hall–Kier alpha value is -0.916. The topological polar surface area (TPSA) is 0 Å². The Morgan fingerprint density at radius 2 is 1.44 bits per heavy atom. The minimum atomic E-state index is -1.50. The molecule has 3 aliphatic carbocycles. The maximum atomic E-state index is 2.49. The molecule has 0 N–H and O–H groups in total. The summed E-state index contributed by atoms with van der Waals surface area (Å²) in [6.07, 6.45) is 17.7. The molecule has 1 saturated carbocycles. The number of benzene rings is 2. The van der Waals surface area contributed by atoms with Crippen LogP contribution >= 0.6 is 0 Å². The Bertz CT molecular complexity index is 904. The Morgan fingerprint density at radius 3 is 2.22 bits per heavy atom. The van der Waals surface area contributed by atoms with Crippen LogP contribution in [0.3, 0.4) is 0 Å². The predicted molar refractivity (Wildman–Crippen MR) is 104 cm³/mol. The molecule has 0 bridgehead atoms. The third-order valence-corrected chi connectivity index (χ3v) is 11.3. The first kappa shape index (κ1) is 20.8. The van der Waals surface area contributed by atoms with Crippen LogP contribution in [0.2, 0.25) is 4.22 Å². The fraction of sp³-hybridized carbons (Fsp3) is 0.292. The molecule has 27 heavy (non-hydrogen) atoms. The van der Waals surface area contributed by atoms with Crippen LogP contribution in [-0.2, 0) is 23.8 Å². The van der Waals surface area contributed by atoms with Crippen LogP contribution in [0.15, 0.2) is 66.8 Å². The summed E-state index contributed by atoms with van der Waals surface area (Å²) in [5.41, 5.74) is 6.17. The van der Waals surface area contributed by atoms with Crippen molar-refractivity contribution in [3.05, 3.63) is 77.9 Å². The van der Waals surface area contributed by atoms with E-state index in [0.717, 1.165) is 6.42 Å². The van der Waals surface area contributed by atoms with Gasteiger partial charge in [0.25, 0.3) is 0 Å². The van der Waals surface area contributed by atoms with Gasteiger partial charge in [0.05, 0.1) is 0 Å². The fourth-order valence-electron chi connectivity index (χ4n) is 4.89. The average Bonchev–Trinajstić information content (AvgIpc) is 3.31. The number of rotatable bonds is 2. The van der Waals surface area contributed by atoms with Crippen LogP contribution < -0.4 is 28.7 Å². The molecule has 2 aromatic carbocycles. The summed E-state index contributed by atoms with van der Waals surface area (Å²) >= 11 is -1.50. The van der Waals surface area contributed by atoms with E-state index in [9.17, 15) is 0 Å². The quantitative estimate of drug-likeness (QED) is 0.483. The summed E-state index contributed by atoms with van der Waals surface area (Å²) in [6.45, 7) is 0. The SMILES string of the molecule is C1=C[CH]([Ti+2](=[C]2CCCCC2)[c]2cccc3c2Cc2ccccc2-3)C=C1.[Cl-].[Cl-]. The van der Waals surface area contributed by atoms with Gasteiger partial charge in [0, 0.05) is 0 Å². The van der Waals surface area contributed by atoms with Crippen molar-refractivity contribution in [2.75, 3.05) is 0 Å². The number of halogens is 2. The normalized spacial score (nSPS) is 16.8. The second-order valence-electron chi connectivity index (χ2n) is 7.54. The Kier molecular flexibility index (Phi) is 6.98.